The van der Waals surface area contributed by atoms with Gasteiger partial charge in [-0.3, -0.25) is 4.98 Å². The zero-order valence-electron chi connectivity index (χ0n) is 15.2. The van der Waals surface area contributed by atoms with E-state index in [1.807, 2.05) is 12.3 Å². The molecule has 0 aliphatic heterocycles. The molecule has 0 radical (unpaired) electrons. The molecule has 0 aliphatic carbocycles. The molecule has 0 bridgehead atoms. The van der Waals surface area contributed by atoms with Crippen LogP contribution in [0.1, 0.15) is 37.8 Å². The van der Waals surface area contributed by atoms with Gasteiger partial charge in [-0.2, -0.15) is 0 Å². The van der Waals surface area contributed by atoms with Crippen molar-refractivity contribution in [1.29, 1.82) is 0 Å². The Morgan fingerprint density at radius 3 is 2.28 bits per heavy atom. The molecule has 0 amide bonds. The van der Waals surface area contributed by atoms with Gasteiger partial charge in [0, 0.05) is 30.4 Å². The third-order valence-electron chi connectivity index (χ3n) is 4.38. The molecule has 2 heteroatoms. The van der Waals surface area contributed by atoms with Crippen molar-refractivity contribution in [2.45, 2.75) is 26.7 Å². The van der Waals surface area contributed by atoms with Crippen LogP contribution in [-0.4, -0.2) is 18.1 Å². The minimum absolute atomic E-state index is 1.04. The van der Waals surface area contributed by atoms with Crippen molar-refractivity contribution in [2.24, 2.45) is 0 Å². The van der Waals surface area contributed by atoms with Gasteiger partial charge in [-0.25, -0.2) is 0 Å². The van der Waals surface area contributed by atoms with Crippen LogP contribution in [0.25, 0.3) is 23.1 Å². The number of para-hydroxylation sites is 1. The molecule has 2 aromatic carbocycles. The Hall–Kier alpha value is -2.61. The summed E-state index contributed by atoms with van der Waals surface area (Å²) in [6, 6.07) is 19.2. The van der Waals surface area contributed by atoms with Gasteiger partial charge in [-0.15, -0.1) is 0 Å². The first-order valence-electron chi connectivity index (χ1n) is 9.18. The molecule has 0 aliphatic rings. The average Bonchev–Trinajstić information content (AvgIpc) is 2.66. The Bertz CT molecular complexity index is 823. The molecule has 128 valence electrons. The number of hydrogen-bond donors (Lipinski definition) is 0. The van der Waals surface area contributed by atoms with E-state index >= 15 is 0 Å². The molecule has 0 saturated heterocycles. The number of pyridine rings is 1. The molecule has 0 atom stereocenters. The standard InChI is InChI=1S/C23H26N2/c1-3-17-25(18-4-2)21-13-10-19(11-14-21)9-12-20-15-16-24-23-8-6-5-7-22(20)23/h5-16H,3-4,17-18H2,1-2H3/b12-9+. The summed E-state index contributed by atoms with van der Waals surface area (Å²) in [5.41, 5.74) is 4.77. The summed E-state index contributed by atoms with van der Waals surface area (Å²) in [7, 11) is 0. The number of aromatic nitrogens is 1. The average molecular weight is 330 g/mol. The molecule has 3 rings (SSSR count). The van der Waals surface area contributed by atoms with Crippen molar-refractivity contribution in [3.8, 4) is 0 Å². The highest BCUT2D eigenvalue weighted by atomic mass is 15.1. The summed E-state index contributed by atoms with van der Waals surface area (Å²) in [6.45, 7) is 6.70. The van der Waals surface area contributed by atoms with Gasteiger partial charge in [0.15, 0.2) is 0 Å². The first kappa shape index (κ1) is 17.2. The van der Waals surface area contributed by atoms with E-state index in [9.17, 15) is 0 Å². The quantitative estimate of drug-likeness (QED) is 0.525. The van der Waals surface area contributed by atoms with Crippen LogP contribution in [0.5, 0.6) is 0 Å². The zero-order valence-corrected chi connectivity index (χ0v) is 15.2. The number of fused-ring (bicyclic) bond motifs is 1. The largest absolute Gasteiger partial charge is 0.372 e. The molecular formula is C23H26N2. The van der Waals surface area contributed by atoms with E-state index in [1.54, 1.807) is 0 Å². The number of benzene rings is 2. The predicted molar refractivity (Wildman–Crippen MR) is 110 cm³/mol. The van der Waals surface area contributed by atoms with Crippen molar-refractivity contribution in [3.05, 3.63) is 71.9 Å². The molecule has 25 heavy (non-hydrogen) atoms. The monoisotopic (exact) mass is 330 g/mol. The lowest BCUT2D eigenvalue weighted by Crippen LogP contribution is -2.24. The van der Waals surface area contributed by atoms with E-state index in [0.29, 0.717) is 0 Å². The molecule has 0 N–H and O–H groups in total. The smallest absolute Gasteiger partial charge is 0.0707 e. The number of nitrogens with zero attached hydrogens (tertiary/aromatic N) is 2. The third kappa shape index (κ3) is 4.27. The van der Waals surface area contributed by atoms with Crippen molar-refractivity contribution < 1.29 is 0 Å². The highest BCUT2D eigenvalue weighted by Crippen LogP contribution is 2.20. The van der Waals surface area contributed by atoms with E-state index in [-0.39, 0.29) is 0 Å². The molecule has 0 unspecified atom stereocenters. The lowest BCUT2D eigenvalue weighted by molar-refractivity contribution is 0.745. The zero-order chi connectivity index (χ0) is 17.5. The highest BCUT2D eigenvalue weighted by Gasteiger charge is 2.03. The van der Waals surface area contributed by atoms with Crippen LogP contribution in [0, 0.1) is 0 Å². The van der Waals surface area contributed by atoms with Gasteiger partial charge in [0.2, 0.25) is 0 Å². The molecule has 2 nitrogen and oxygen atoms in total. The van der Waals surface area contributed by atoms with Gasteiger partial charge in [0.25, 0.3) is 0 Å². The van der Waals surface area contributed by atoms with Gasteiger partial charge in [0.05, 0.1) is 5.52 Å². The maximum Gasteiger partial charge on any atom is 0.0707 e. The van der Waals surface area contributed by atoms with Crippen LogP contribution in [0.3, 0.4) is 0 Å². The Balaban J connectivity index is 1.79. The van der Waals surface area contributed by atoms with Crippen LogP contribution < -0.4 is 4.90 Å². The van der Waals surface area contributed by atoms with Crippen molar-refractivity contribution in [3.63, 3.8) is 0 Å². The highest BCUT2D eigenvalue weighted by molar-refractivity contribution is 5.90. The minimum atomic E-state index is 1.04. The van der Waals surface area contributed by atoms with Gasteiger partial charge in [0.1, 0.15) is 0 Å². The normalized spacial score (nSPS) is 11.3. The maximum absolute atomic E-state index is 4.42. The first-order valence-corrected chi connectivity index (χ1v) is 9.18. The van der Waals surface area contributed by atoms with Crippen LogP contribution in [-0.2, 0) is 0 Å². The Morgan fingerprint density at radius 1 is 0.840 bits per heavy atom. The van der Waals surface area contributed by atoms with Crippen LogP contribution in [0.15, 0.2) is 60.8 Å². The molecule has 3 aromatic rings. The van der Waals surface area contributed by atoms with E-state index in [4.69, 9.17) is 0 Å². The number of hydrogen-bond acceptors (Lipinski definition) is 2. The molecule has 0 saturated carbocycles. The third-order valence-corrected chi connectivity index (χ3v) is 4.38. The van der Waals surface area contributed by atoms with E-state index in [1.165, 1.54) is 35.0 Å². The summed E-state index contributed by atoms with van der Waals surface area (Å²) in [4.78, 5) is 6.89. The lowest BCUT2D eigenvalue weighted by Gasteiger charge is -2.23. The fraction of sp³-hybridized carbons (Fsp3) is 0.261. The summed E-state index contributed by atoms with van der Waals surface area (Å²) >= 11 is 0. The summed E-state index contributed by atoms with van der Waals surface area (Å²) in [5, 5.41) is 1.19. The van der Waals surface area contributed by atoms with Crippen molar-refractivity contribution >= 4 is 28.7 Å². The predicted octanol–water partition coefficient (Wildman–Crippen LogP) is 6.03. The van der Waals surface area contributed by atoms with Gasteiger partial charge in [-0.1, -0.05) is 56.3 Å². The fourth-order valence-corrected chi connectivity index (χ4v) is 3.16. The molecule has 1 aromatic heterocycles. The Morgan fingerprint density at radius 2 is 1.56 bits per heavy atom. The molecular weight excluding hydrogens is 304 g/mol. The van der Waals surface area contributed by atoms with Crippen LogP contribution in [0.2, 0.25) is 0 Å². The fourth-order valence-electron chi connectivity index (χ4n) is 3.16. The Kier molecular flexibility index (Phi) is 5.84. The maximum atomic E-state index is 4.42. The summed E-state index contributed by atoms with van der Waals surface area (Å²) < 4.78 is 0. The second-order valence-electron chi connectivity index (χ2n) is 6.33. The van der Waals surface area contributed by atoms with Crippen molar-refractivity contribution in [1.82, 2.24) is 4.98 Å². The Labute approximate surface area is 150 Å². The minimum Gasteiger partial charge on any atom is -0.372 e. The van der Waals surface area contributed by atoms with E-state index < -0.39 is 0 Å². The van der Waals surface area contributed by atoms with Crippen LogP contribution >= 0.6 is 0 Å². The SMILES string of the molecule is CCCN(CCC)c1ccc(/C=C/c2ccnc3ccccc23)cc1. The summed E-state index contributed by atoms with van der Waals surface area (Å²) in [6.07, 6.45) is 8.58. The molecule has 1 heterocycles. The number of anilines is 1. The van der Waals surface area contributed by atoms with Gasteiger partial charge < -0.3 is 4.90 Å². The van der Waals surface area contributed by atoms with Crippen molar-refractivity contribution in [2.75, 3.05) is 18.0 Å². The lowest BCUT2D eigenvalue weighted by atomic mass is 10.1. The van der Waals surface area contributed by atoms with Crippen LogP contribution in [0.4, 0.5) is 5.69 Å². The second-order valence-corrected chi connectivity index (χ2v) is 6.33. The summed E-state index contributed by atoms with van der Waals surface area (Å²) in [5.74, 6) is 0. The topological polar surface area (TPSA) is 16.1 Å². The first-order chi connectivity index (χ1) is 12.3. The van der Waals surface area contributed by atoms with E-state index in [0.717, 1.165) is 18.6 Å². The molecule has 0 spiro atoms. The second kappa shape index (κ2) is 8.48. The number of rotatable bonds is 7. The van der Waals surface area contributed by atoms with Gasteiger partial charge in [-0.05, 0) is 48.2 Å². The molecule has 0 fully saturated rings. The van der Waals surface area contributed by atoms with E-state index in [2.05, 4.69) is 84.4 Å². The van der Waals surface area contributed by atoms with Gasteiger partial charge >= 0.3 is 0 Å².